The Morgan fingerprint density at radius 1 is 1.06 bits per heavy atom. The number of rotatable bonds is 8. The van der Waals surface area contributed by atoms with Gasteiger partial charge in [-0.1, -0.05) is 10.0 Å². The highest BCUT2D eigenvalue weighted by Crippen LogP contribution is 2.45. The lowest BCUT2D eigenvalue weighted by molar-refractivity contribution is -0.432. The van der Waals surface area contributed by atoms with Crippen LogP contribution in [0.5, 0.6) is 11.5 Å². The Balaban J connectivity index is 2.12. The summed E-state index contributed by atoms with van der Waals surface area (Å²) in [4.78, 5) is 8.29. The Labute approximate surface area is 178 Å². The minimum Gasteiger partial charge on any atom is -0.507 e. The molecule has 31 heavy (non-hydrogen) atoms. The number of hydrogen-bond acceptors (Lipinski definition) is 13. The Hall–Kier alpha value is -3.02. The van der Waals surface area contributed by atoms with Crippen LogP contribution < -0.4 is 16.5 Å². The molecule has 0 saturated heterocycles. The molecule has 0 amide bonds. The van der Waals surface area contributed by atoms with Gasteiger partial charge in [-0.3, -0.25) is 4.55 Å². The predicted octanol–water partition coefficient (Wildman–Crippen LogP) is 3.40. The minimum absolute atomic E-state index is 0.0232. The SMILES string of the molecule is NOOc1ccc(N=Nc2c(SOOO)cc3cc(S(=O)(=O)O)cc(O)c3c2N)cc1. The smallest absolute Gasteiger partial charge is 0.294 e. The molecular formula is C16H14N4O9S2. The van der Waals surface area contributed by atoms with Crippen LogP contribution in [0.1, 0.15) is 0 Å². The Bertz CT molecular complexity index is 1230. The first kappa shape index (κ1) is 22.7. The first-order valence-electron chi connectivity index (χ1n) is 8.01. The number of fused-ring (bicyclic) bond motifs is 1. The summed E-state index contributed by atoms with van der Waals surface area (Å²) in [6, 6.07) is 9.35. The van der Waals surface area contributed by atoms with Crippen LogP contribution in [0.4, 0.5) is 17.1 Å². The van der Waals surface area contributed by atoms with E-state index >= 15 is 0 Å². The predicted molar refractivity (Wildman–Crippen MR) is 107 cm³/mol. The summed E-state index contributed by atoms with van der Waals surface area (Å²) in [5.41, 5.74) is 6.45. The van der Waals surface area contributed by atoms with Gasteiger partial charge in [0.05, 0.1) is 33.2 Å². The maximum atomic E-state index is 11.4. The molecule has 3 aromatic rings. The lowest BCUT2D eigenvalue weighted by Gasteiger charge is -2.12. The summed E-state index contributed by atoms with van der Waals surface area (Å²) in [6.07, 6.45) is 0. The number of azo groups is 1. The van der Waals surface area contributed by atoms with Gasteiger partial charge < -0.3 is 15.7 Å². The molecule has 0 spiro atoms. The summed E-state index contributed by atoms with van der Waals surface area (Å²) in [6.45, 7) is 0. The number of aromatic hydroxyl groups is 1. The molecule has 164 valence electrons. The van der Waals surface area contributed by atoms with Crippen molar-refractivity contribution in [2.75, 3.05) is 5.73 Å². The Morgan fingerprint density at radius 3 is 2.39 bits per heavy atom. The first-order chi connectivity index (χ1) is 14.7. The van der Waals surface area contributed by atoms with Crippen molar-refractivity contribution >= 4 is 50.0 Å². The molecule has 0 heterocycles. The van der Waals surface area contributed by atoms with Crippen molar-refractivity contribution < 1.29 is 42.6 Å². The van der Waals surface area contributed by atoms with Crippen LogP contribution in [-0.4, -0.2) is 23.3 Å². The van der Waals surface area contributed by atoms with E-state index in [-0.39, 0.29) is 27.0 Å². The summed E-state index contributed by atoms with van der Waals surface area (Å²) in [5.74, 6) is 4.61. The molecular weight excluding hydrogens is 456 g/mol. The van der Waals surface area contributed by atoms with Crippen LogP contribution in [0.3, 0.4) is 0 Å². The van der Waals surface area contributed by atoms with Crippen molar-refractivity contribution in [3.63, 3.8) is 0 Å². The van der Waals surface area contributed by atoms with Gasteiger partial charge in [-0.05, 0) is 41.8 Å². The molecule has 3 rings (SSSR count). The highest BCUT2D eigenvalue weighted by Gasteiger charge is 2.20. The van der Waals surface area contributed by atoms with Crippen LogP contribution in [-0.2, 0) is 24.5 Å². The van der Waals surface area contributed by atoms with Crippen molar-refractivity contribution in [3.8, 4) is 11.5 Å². The van der Waals surface area contributed by atoms with E-state index in [2.05, 4.69) is 29.5 Å². The molecule has 15 heteroatoms. The Morgan fingerprint density at radius 2 is 1.77 bits per heavy atom. The summed E-state index contributed by atoms with van der Waals surface area (Å²) in [5, 5.41) is 30.6. The quantitative estimate of drug-likeness (QED) is 0.0801. The summed E-state index contributed by atoms with van der Waals surface area (Å²) >= 11 is 0.489. The normalized spacial score (nSPS) is 12.0. The van der Waals surface area contributed by atoms with Crippen LogP contribution >= 0.6 is 12.0 Å². The van der Waals surface area contributed by atoms with E-state index < -0.39 is 20.8 Å². The number of nitrogens with two attached hydrogens (primary N) is 2. The van der Waals surface area contributed by atoms with Crippen molar-refractivity contribution in [3.05, 3.63) is 42.5 Å². The largest absolute Gasteiger partial charge is 0.507 e. The van der Waals surface area contributed by atoms with Crippen LogP contribution in [0.15, 0.2) is 62.5 Å². The van der Waals surface area contributed by atoms with Gasteiger partial charge in [0.1, 0.15) is 11.4 Å². The number of nitrogen functional groups attached to an aromatic ring is 1. The van der Waals surface area contributed by atoms with E-state index in [1.807, 2.05) is 0 Å². The van der Waals surface area contributed by atoms with E-state index in [1.165, 1.54) is 30.3 Å². The minimum atomic E-state index is -4.60. The molecule has 7 N–H and O–H groups in total. The van der Waals surface area contributed by atoms with Gasteiger partial charge in [0.15, 0.2) is 5.75 Å². The molecule has 0 unspecified atom stereocenters. The van der Waals surface area contributed by atoms with Gasteiger partial charge in [-0.2, -0.15) is 19.4 Å². The maximum absolute atomic E-state index is 11.4. The van der Waals surface area contributed by atoms with E-state index in [0.29, 0.717) is 23.5 Å². The average Bonchev–Trinajstić information content (AvgIpc) is 2.72. The van der Waals surface area contributed by atoms with Gasteiger partial charge in [-0.15, -0.1) is 9.45 Å². The fraction of sp³-hybridized carbons (Fsp3) is 0. The molecule has 0 aliphatic heterocycles. The lowest BCUT2D eigenvalue weighted by Crippen LogP contribution is -2.02. The number of hydrogen-bond donors (Lipinski definition) is 5. The number of anilines is 1. The molecule has 0 saturated carbocycles. The van der Waals surface area contributed by atoms with E-state index in [4.69, 9.17) is 16.9 Å². The highest BCUT2D eigenvalue weighted by atomic mass is 32.2. The van der Waals surface area contributed by atoms with Gasteiger partial charge in [0, 0.05) is 11.5 Å². The second kappa shape index (κ2) is 9.41. The van der Waals surface area contributed by atoms with Gasteiger partial charge in [0.2, 0.25) is 0 Å². The average molecular weight is 470 g/mol. The molecule has 0 aliphatic carbocycles. The fourth-order valence-corrected chi connectivity index (χ4v) is 3.63. The number of phenols is 1. The van der Waals surface area contributed by atoms with Crippen LogP contribution in [0.25, 0.3) is 10.8 Å². The Kier molecular flexibility index (Phi) is 6.88. The zero-order valence-electron chi connectivity index (χ0n) is 15.2. The van der Waals surface area contributed by atoms with Crippen molar-refractivity contribution in [1.29, 1.82) is 0 Å². The fourth-order valence-electron chi connectivity index (χ4n) is 2.59. The molecule has 0 aromatic heterocycles. The third-order valence-corrected chi connectivity index (χ3v) is 5.32. The molecule has 13 nitrogen and oxygen atoms in total. The lowest BCUT2D eigenvalue weighted by atomic mass is 10.1. The molecule has 0 atom stereocenters. The third kappa shape index (κ3) is 5.19. The third-order valence-electron chi connectivity index (χ3n) is 3.86. The summed E-state index contributed by atoms with van der Waals surface area (Å²) in [7, 11) is -4.60. The monoisotopic (exact) mass is 470 g/mol. The standard InChI is InChI=1S/C16H14N4O9S2/c17-15-14-8(5-11(7-12(14)21)31(23,24)25)6-13(30-29-28-22)16(15)20-19-9-1-3-10(4-2-9)26-27-18/h1-7,21-22H,17-18H2,(H,23,24,25). The van der Waals surface area contributed by atoms with Gasteiger partial charge in [0.25, 0.3) is 10.1 Å². The topological polar surface area (TPSA) is 209 Å². The summed E-state index contributed by atoms with van der Waals surface area (Å²) < 4.78 is 36.6. The number of nitrogens with zero attached hydrogens (tertiary/aromatic N) is 2. The van der Waals surface area contributed by atoms with Crippen molar-refractivity contribution in [2.45, 2.75) is 9.79 Å². The second-order valence-electron chi connectivity index (χ2n) is 5.75. The zero-order chi connectivity index (χ0) is 22.6. The number of benzene rings is 3. The molecule has 0 aliphatic rings. The molecule has 0 fully saturated rings. The van der Waals surface area contributed by atoms with E-state index in [1.54, 1.807) is 0 Å². The van der Waals surface area contributed by atoms with Crippen molar-refractivity contribution in [2.24, 2.45) is 16.1 Å². The molecule has 3 aromatic carbocycles. The molecule has 0 bridgehead atoms. The van der Waals surface area contributed by atoms with Gasteiger partial charge >= 0.3 is 0 Å². The number of phenolic OH excluding ortho intramolecular Hbond substituents is 1. The van der Waals surface area contributed by atoms with Gasteiger partial charge in [-0.25, -0.2) is 5.26 Å². The maximum Gasteiger partial charge on any atom is 0.294 e. The highest BCUT2D eigenvalue weighted by molar-refractivity contribution is 7.94. The molecule has 0 radical (unpaired) electrons. The second-order valence-corrected chi connectivity index (χ2v) is 7.92. The first-order valence-corrected chi connectivity index (χ1v) is 10.2. The van der Waals surface area contributed by atoms with Crippen molar-refractivity contribution in [1.82, 2.24) is 0 Å². The van der Waals surface area contributed by atoms with E-state index in [9.17, 15) is 18.1 Å². The zero-order valence-corrected chi connectivity index (χ0v) is 16.8. The van der Waals surface area contributed by atoms with E-state index in [0.717, 1.165) is 12.1 Å². The van der Waals surface area contributed by atoms with Crippen LogP contribution in [0.2, 0.25) is 0 Å². The van der Waals surface area contributed by atoms with Crippen LogP contribution in [0, 0.1) is 0 Å².